The Balaban J connectivity index is 1.58. The van der Waals surface area contributed by atoms with Crippen LogP contribution in [0.1, 0.15) is 35.1 Å². The number of nitrogens with one attached hydrogen (secondary N) is 1. The molecule has 0 saturated carbocycles. The van der Waals surface area contributed by atoms with E-state index < -0.39 is 0 Å². The molecule has 0 radical (unpaired) electrons. The molecular formula is C18H19N5O2S. The molecule has 0 bridgehead atoms. The van der Waals surface area contributed by atoms with Crippen LogP contribution >= 0.6 is 11.3 Å². The second-order valence-corrected chi connectivity index (χ2v) is 7.41. The second kappa shape index (κ2) is 6.87. The lowest BCUT2D eigenvalue weighted by molar-refractivity contribution is 0.0697. The number of H-pyrrole nitrogens is 1. The van der Waals surface area contributed by atoms with E-state index in [1.807, 2.05) is 17.5 Å². The predicted octanol–water partition coefficient (Wildman–Crippen LogP) is 2.25. The summed E-state index contributed by atoms with van der Waals surface area (Å²) in [6.07, 6.45) is 3.53. The normalized spacial score (nSPS) is 17.4. The number of nitrogens with zero attached hydrogens (tertiary/aromatic N) is 4. The number of aromatic amines is 1. The van der Waals surface area contributed by atoms with Crippen LogP contribution in [0.25, 0.3) is 10.6 Å². The molecule has 4 rings (SSSR count). The van der Waals surface area contributed by atoms with Crippen molar-refractivity contribution in [2.24, 2.45) is 7.05 Å². The lowest BCUT2D eigenvalue weighted by Gasteiger charge is -2.31. The van der Waals surface area contributed by atoms with E-state index in [0.29, 0.717) is 30.3 Å². The molecule has 1 N–H and O–H groups in total. The van der Waals surface area contributed by atoms with Gasteiger partial charge in [0, 0.05) is 38.3 Å². The van der Waals surface area contributed by atoms with Gasteiger partial charge in [0.05, 0.1) is 10.6 Å². The van der Waals surface area contributed by atoms with Gasteiger partial charge >= 0.3 is 0 Å². The smallest absolute Gasteiger partial charge is 0.274 e. The standard InChI is InChI=1S/C18H19N5O2S/c1-22-8-6-13(21-22)18(25)23-7-2-4-12(11-23)17-19-14(10-16(24)20-17)15-5-3-9-26-15/h3,5-6,8-10,12H,2,4,7,11H2,1H3,(H,19,20,24)/t12-/m0/s1. The van der Waals surface area contributed by atoms with Crippen molar-refractivity contribution in [2.75, 3.05) is 13.1 Å². The van der Waals surface area contributed by atoms with E-state index in [1.165, 1.54) is 6.07 Å². The number of rotatable bonds is 3. The third kappa shape index (κ3) is 3.32. The highest BCUT2D eigenvalue weighted by atomic mass is 32.1. The summed E-state index contributed by atoms with van der Waals surface area (Å²) in [5.74, 6) is 0.593. The topological polar surface area (TPSA) is 83.9 Å². The van der Waals surface area contributed by atoms with Crippen molar-refractivity contribution in [3.8, 4) is 10.6 Å². The Labute approximate surface area is 154 Å². The number of thiophene rings is 1. The van der Waals surface area contributed by atoms with Crippen LogP contribution in [0.5, 0.6) is 0 Å². The maximum absolute atomic E-state index is 12.7. The zero-order valence-corrected chi connectivity index (χ0v) is 15.2. The lowest BCUT2D eigenvalue weighted by atomic mass is 9.96. The molecule has 1 atom stereocenters. The molecule has 26 heavy (non-hydrogen) atoms. The monoisotopic (exact) mass is 369 g/mol. The molecule has 1 fully saturated rings. The van der Waals surface area contributed by atoms with Crippen LogP contribution in [0, 0.1) is 0 Å². The average Bonchev–Trinajstić information content (AvgIpc) is 3.32. The van der Waals surface area contributed by atoms with Gasteiger partial charge in [-0.3, -0.25) is 14.3 Å². The summed E-state index contributed by atoms with van der Waals surface area (Å²) in [6, 6.07) is 7.14. The largest absolute Gasteiger partial charge is 0.337 e. The van der Waals surface area contributed by atoms with Crippen molar-refractivity contribution < 1.29 is 4.79 Å². The van der Waals surface area contributed by atoms with Gasteiger partial charge in [-0.15, -0.1) is 11.3 Å². The summed E-state index contributed by atoms with van der Waals surface area (Å²) in [7, 11) is 1.79. The maximum Gasteiger partial charge on any atom is 0.274 e. The Morgan fingerprint density at radius 2 is 2.27 bits per heavy atom. The van der Waals surface area contributed by atoms with Crippen LogP contribution in [0.4, 0.5) is 0 Å². The van der Waals surface area contributed by atoms with Gasteiger partial charge in [0.25, 0.3) is 11.5 Å². The number of likely N-dealkylation sites (tertiary alicyclic amines) is 1. The maximum atomic E-state index is 12.7. The van der Waals surface area contributed by atoms with Crippen LogP contribution in [0.15, 0.2) is 40.6 Å². The first-order valence-electron chi connectivity index (χ1n) is 8.54. The minimum absolute atomic E-state index is 0.0176. The molecule has 134 valence electrons. The molecule has 1 aliphatic rings. The first kappa shape index (κ1) is 16.7. The van der Waals surface area contributed by atoms with Crippen molar-refractivity contribution in [1.29, 1.82) is 0 Å². The van der Waals surface area contributed by atoms with Gasteiger partial charge in [-0.05, 0) is 30.4 Å². The zero-order chi connectivity index (χ0) is 18.1. The predicted molar refractivity (Wildman–Crippen MR) is 99.3 cm³/mol. The highest BCUT2D eigenvalue weighted by Gasteiger charge is 2.28. The van der Waals surface area contributed by atoms with Crippen molar-refractivity contribution in [2.45, 2.75) is 18.8 Å². The lowest BCUT2D eigenvalue weighted by Crippen LogP contribution is -2.40. The Bertz CT molecular complexity index is 976. The van der Waals surface area contributed by atoms with Crippen molar-refractivity contribution >= 4 is 17.2 Å². The summed E-state index contributed by atoms with van der Waals surface area (Å²) >= 11 is 1.55. The van der Waals surface area contributed by atoms with Gasteiger partial charge in [-0.25, -0.2) is 4.98 Å². The van der Waals surface area contributed by atoms with E-state index in [0.717, 1.165) is 17.7 Å². The SMILES string of the molecule is Cn1ccc(C(=O)N2CCC[C@H](c3nc(-c4cccs4)cc(=O)[nH]3)C2)n1. The van der Waals surface area contributed by atoms with Crippen LogP contribution in [-0.4, -0.2) is 43.6 Å². The minimum Gasteiger partial charge on any atom is -0.337 e. The molecule has 3 aromatic rings. The number of amides is 1. The van der Waals surface area contributed by atoms with Crippen molar-refractivity contribution in [3.05, 3.63) is 57.7 Å². The van der Waals surface area contributed by atoms with Crippen LogP contribution in [0.3, 0.4) is 0 Å². The number of carbonyl (C=O) groups excluding carboxylic acids is 1. The van der Waals surface area contributed by atoms with E-state index in [1.54, 1.807) is 40.2 Å². The molecule has 1 aliphatic heterocycles. The number of hydrogen-bond acceptors (Lipinski definition) is 5. The van der Waals surface area contributed by atoms with Gasteiger partial charge in [0.1, 0.15) is 11.5 Å². The summed E-state index contributed by atoms with van der Waals surface area (Å²) in [6.45, 7) is 1.23. The molecule has 0 unspecified atom stereocenters. The quantitative estimate of drug-likeness (QED) is 0.767. The van der Waals surface area contributed by atoms with Gasteiger partial charge in [0.15, 0.2) is 0 Å². The van der Waals surface area contributed by atoms with E-state index in [-0.39, 0.29) is 17.4 Å². The summed E-state index contributed by atoms with van der Waals surface area (Å²) in [5.41, 5.74) is 0.973. The molecule has 1 amide bonds. The van der Waals surface area contributed by atoms with Gasteiger partial charge < -0.3 is 9.88 Å². The Kier molecular flexibility index (Phi) is 4.42. The third-order valence-electron chi connectivity index (χ3n) is 4.56. The average molecular weight is 369 g/mol. The summed E-state index contributed by atoms with van der Waals surface area (Å²) in [4.78, 5) is 35.1. The van der Waals surface area contributed by atoms with E-state index in [4.69, 9.17) is 0 Å². The molecule has 1 saturated heterocycles. The minimum atomic E-state index is -0.161. The molecule has 8 heteroatoms. The molecule has 4 heterocycles. The fourth-order valence-corrected chi connectivity index (χ4v) is 3.98. The Morgan fingerprint density at radius 1 is 1.38 bits per heavy atom. The van der Waals surface area contributed by atoms with Crippen LogP contribution in [-0.2, 0) is 7.05 Å². The fraction of sp³-hybridized carbons (Fsp3) is 0.333. The fourth-order valence-electron chi connectivity index (χ4n) is 3.30. The van der Waals surface area contributed by atoms with Crippen LogP contribution in [0.2, 0.25) is 0 Å². The molecule has 0 aromatic carbocycles. The molecule has 0 aliphatic carbocycles. The first-order valence-corrected chi connectivity index (χ1v) is 9.42. The Morgan fingerprint density at radius 3 is 3.00 bits per heavy atom. The summed E-state index contributed by atoms with van der Waals surface area (Å²) < 4.78 is 1.62. The third-order valence-corrected chi connectivity index (χ3v) is 5.45. The van der Waals surface area contributed by atoms with E-state index in [9.17, 15) is 9.59 Å². The van der Waals surface area contributed by atoms with Gasteiger partial charge in [-0.2, -0.15) is 5.10 Å². The number of aromatic nitrogens is 4. The molecular weight excluding hydrogens is 350 g/mol. The molecule has 3 aromatic heterocycles. The Hall–Kier alpha value is -2.74. The van der Waals surface area contributed by atoms with E-state index in [2.05, 4.69) is 15.1 Å². The number of carbonyl (C=O) groups is 1. The van der Waals surface area contributed by atoms with Gasteiger partial charge in [-0.1, -0.05) is 6.07 Å². The van der Waals surface area contributed by atoms with E-state index >= 15 is 0 Å². The number of piperidine rings is 1. The highest BCUT2D eigenvalue weighted by Crippen LogP contribution is 2.27. The van der Waals surface area contributed by atoms with Crippen molar-refractivity contribution in [1.82, 2.24) is 24.6 Å². The van der Waals surface area contributed by atoms with Crippen molar-refractivity contribution in [3.63, 3.8) is 0 Å². The second-order valence-electron chi connectivity index (χ2n) is 6.46. The van der Waals surface area contributed by atoms with Gasteiger partial charge in [0.2, 0.25) is 0 Å². The summed E-state index contributed by atoms with van der Waals surface area (Å²) in [5, 5.41) is 6.16. The zero-order valence-electron chi connectivity index (χ0n) is 14.4. The van der Waals surface area contributed by atoms with Crippen LogP contribution < -0.4 is 5.56 Å². The number of hydrogen-bond donors (Lipinski definition) is 1. The number of aryl methyl sites for hydroxylation is 1. The highest BCUT2D eigenvalue weighted by molar-refractivity contribution is 7.13. The molecule has 7 nitrogen and oxygen atoms in total. The first-order chi connectivity index (χ1) is 12.6. The molecule has 0 spiro atoms.